The highest BCUT2D eigenvalue weighted by Crippen LogP contribution is 2.32. The van der Waals surface area contributed by atoms with E-state index in [2.05, 4.69) is 16.0 Å². The Kier molecular flexibility index (Phi) is 2.84. The molecular formula is C11H13N3O. The number of hydrogen-bond acceptors (Lipinski definition) is 4. The molecule has 1 heterocycles. The molecule has 2 rings (SSSR count). The molecule has 0 bridgehead atoms. The number of rotatable bonds is 4. The Morgan fingerprint density at radius 2 is 2.40 bits per heavy atom. The lowest BCUT2D eigenvalue weighted by atomic mass is 10.2. The molecule has 0 amide bonds. The van der Waals surface area contributed by atoms with Crippen LogP contribution in [-0.4, -0.2) is 29.3 Å². The molecule has 0 atom stereocenters. The molecule has 1 aromatic rings. The van der Waals surface area contributed by atoms with Crippen molar-refractivity contribution in [3.63, 3.8) is 0 Å². The van der Waals surface area contributed by atoms with Crippen molar-refractivity contribution >= 4 is 5.69 Å². The smallest absolute Gasteiger partial charge is 0.101 e. The summed E-state index contributed by atoms with van der Waals surface area (Å²) >= 11 is 0. The molecule has 4 nitrogen and oxygen atoms in total. The van der Waals surface area contributed by atoms with Gasteiger partial charge in [-0.1, -0.05) is 0 Å². The zero-order valence-electron chi connectivity index (χ0n) is 8.43. The quantitative estimate of drug-likeness (QED) is 0.790. The normalized spacial score (nSPS) is 14.7. The van der Waals surface area contributed by atoms with E-state index in [0.717, 1.165) is 18.5 Å². The molecule has 0 aliphatic heterocycles. The third-order valence-corrected chi connectivity index (χ3v) is 2.56. The highest BCUT2D eigenvalue weighted by Gasteiger charge is 2.30. The van der Waals surface area contributed by atoms with E-state index in [4.69, 9.17) is 10.4 Å². The van der Waals surface area contributed by atoms with Gasteiger partial charge in [0.15, 0.2) is 0 Å². The number of aliphatic hydroxyl groups is 1. The van der Waals surface area contributed by atoms with E-state index in [1.807, 2.05) is 0 Å². The minimum atomic E-state index is 0.107. The molecule has 4 heteroatoms. The Labute approximate surface area is 88.8 Å². The summed E-state index contributed by atoms with van der Waals surface area (Å²) in [5.74, 6) is 0. The van der Waals surface area contributed by atoms with E-state index in [1.54, 1.807) is 18.5 Å². The predicted molar refractivity (Wildman–Crippen MR) is 56.4 cm³/mol. The Hall–Kier alpha value is -1.60. The highest BCUT2D eigenvalue weighted by atomic mass is 16.3. The van der Waals surface area contributed by atoms with Crippen LogP contribution in [0.3, 0.4) is 0 Å². The molecule has 1 fully saturated rings. The summed E-state index contributed by atoms with van der Waals surface area (Å²) in [5, 5.41) is 18.0. The summed E-state index contributed by atoms with van der Waals surface area (Å²) in [6.45, 7) is 0.682. The Morgan fingerprint density at radius 3 is 3.00 bits per heavy atom. The zero-order valence-corrected chi connectivity index (χ0v) is 8.43. The van der Waals surface area contributed by atoms with Crippen LogP contribution in [0.25, 0.3) is 0 Å². The number of anilines is 1. The molecule has 0 radical (unpaired) electrons. The largest absolute Gasteiger partial charge is 0.395 e. The van der Waals surface area contributed by atoms with Gasteiger partial charge in [0.25, 0.3) is 0 Å². The van der Waals surface area contributed by atoms with Gasteiger partial charge in [-0.3, -0.25) is 4.98 Å². The molecule has 1 aromatic heterocycles. The van der Waals surface area contributed by atoms with Crippen LogP contribution in [0.15, 0.2) is 18.5 Å². The zero-order chi connectivity index (χ0) is 10.7. The van der Waals surface area contributed by atoms with E-state index in [-0.39, 0.29) is 6.61 Å². The Balaban J connectivity index is 2.28. The maximum atomic E-state index is 8.99. The fourth-order valence-corrected chi connectivity index (χ4v) is 1.70. The van der Waals surface area contributed by atoms with Crippen molar-refractivity contribution < 1.29 is 5.11 Å². The average Bonchev–Trinajstić information content (AvgIpc) is 3.10. The predicted octanol–water partition coefficient (Wildman–Crippen LogP) is 0.914. The van der Waals surface area contributed by atoms with E-state index in [0.29, 0.717) is 18.2 Å². The van der Waals surface area contributed by atoms with Gasteiger partial charge in [-0.05, 0) is 18.9 Å². The molecule has 1 aliphatic carbocycles. The van der Waals surface area contributed by atoms with Crippen molar-refractivity contribution in [1.29, 1.82) is 5.26 Å². The minimum absolute atomic E-state index is 0.107. The molecule has 1 saturated carbocycles. The van der Waals surface area contributed by atoms with Gasteiger partial charge in [0.2, 0.25) is 0 Å². The number of hydrogen-bond donors (Lipinski definition) is 1. The minimum Gasteiger partial charge on any atom is -0.395 e. The standard InChI is InChI=1S/C11H13N3O/c12-7-9-3-4-13-8-11(9)14(5-6-15)10-1-2-10/h3-4,8,10,15H,1-2,5-6H2. The Bertz CT molecular complexity index is 382. The molecule has 1 N–H and O–H groups in total. The average molecular weight is 203 g/mol. The van der Waals surface area contributed by atoms with Gasteiger partial charge < -0.3 is 10.0 Å². The maximum absolute atomic E-state index is 8.99. The third kappa shape index (κ3) is 2.08. The lowest BCUT2D eigenvalue weighted by Gasteiger charge is -2.23. The first-order valence-corrected chi connectivity index (χ1v) is 5.08. The molecule has 0 aromatic carbocycles. The summed E-state index contributed by atoms with van der Waals surface area (Å²) in [4.78, 5) is 6.11. The maximum Gasteiger partial charge on any atom is 0.101 e. The summed E-state index contributed by atoms with van der Waals surface area (Å²) in [5.41, 5.74) is 1.47. The highest BCUT2D eigenvalue weighted by molar-refractivity contribution is 5.58. The molecule has 15 heavy (non-hydrogen) atoms. The van der Waals surface area contributed by atoms with E-state index in [1.165, 1.54) is 0 Å². The van der Waals surface area contributed by atoms with Gasteiger partial charge in [-0.15, -0.1) is 0 Å². The van der Waals surface area contributed by atoms with Gasteiger partial charge >= 0.3 is 0 Å². The molecule has 0 spiro atoms. The van der Waals surface area contributed by atoms with Crippen molar-refractivity contribution in [1.82, 2.24) is 4.98 Å². The number of aliphatic hydroxyl groups excluding tert-OH is 1. The monoisotopic (exact) mass is 203 g/mol. The third-order valence-electron chi connectivity index (χ3n) is 2.56. The Morgan fingerprint density at radius 1 is 1.60 bits per heavy atom. The topological polar surface area (TPSA) is 60.2 Å². The fourth-order valence-electron chi connectivity index (χ4n) is 1.70. The van der Waals surface area contributed by atoms with Gasteiger partial charge in [0.05, 0.1) is 24.1 Å². The van der Waals surface area contributed by atoms with Crippen molar-refractivity contribution in [3.8, 4) is 6.07 Å². The van der Waals surface area contributed by atoms with Crippen molar-refractivity contribution in [3.05, 3.63) is 24.0 Å². The van der Waals surface area contributed by atoms with E-state index < -0.39 is 0 Å². The summed E-state index contributed by atoms with van der Waals surface area (Å²) in [6, 6.07) is 4.34. The lowest BCUT2D eigenvalue weighted by Crippen LogP contribution is -2.29. The van der Waals surface area contributed by atoms with Gasteiger partial charge in [0.1, 0.15) is 6.07 Å². The van der Waals surface area contributed by atoms with Crippen molar-refractivity contribution in [2.45, 2.75) is 18.9 Å². The first-order valence-electron chi connectivity index (χ1n) is 5.08. The van der Waals surface area contributed by atoms with Crippen LogP contribution in [-0.2, 0) is 0 Å². The second-order valence-electron chi connectivity index (χ2n) is 3.65. The molecular weight excluding hydrogens is 190 g/mol. The van der Waals surface area contributed by atoms with Crippen LogP contribution in [0, 0.1) is 11.3 Å². The van der Waals surface area contributed by atoms with Crippen LogP contribution in [0.5, 0.6) is 0 Å². The van der Waals surface area contributed by atoms with Crippen LogP contribution in [0.4, 0.5) is 5.69 Å². The number of pyridine rings is 1. The van der Waals surface area contributed by atoms with Crippen LogP contribution in [0.2, 0.25) is 0 Å². The SMILES string of the molecule is N#Cc1ccncc1N(CCO)C1CC1. The second-order valence-corrected chi connectivity index (χ2v) is 3.65. The van der Waals surface area contributed by atoms with Crippen LogP contribution in [0.1, 0.15) is 18.4 Å². The summed E-state index contributed by atoms with van der Waals surface area (Å²) < 4.78 is 0. The number of aromatic nitrogens is 1. The van der Waals surface area contributed by atoms with E-state index >= 15 is 0 Å². The fraction of sp³-hybridized carbons (Fsp3) is 0.455. The van der Waals surface area contributed by atoms with Crippen LogP contribution >= 0.6 is 0 Å². The number of nitriles is 1. The summed E-state index contributed by atoms with van der Waals surface area (Å²) in [7, 11) is 0. The first-order chi connectivity index (χ1) is 7.36. The van der Waals surface area contributed by atoms with E-state index in [9.17, 15) is 0 Å². The van der Waals surface area contributed by atoms with Gasteiger partial charge in [-0.2, -0.15) is 5.26 Å². The summed E-state index contributed by atoms with van der Waals surface area (Å²) in [6.07, 6.45) is 5.60. The van der Waals surface area contributed by atoms with Gasteiger partial charge in [-0.25, -0.2) is 0 Å². The van der Waals surface area contributed by atoms with Gasteiger partial charge in [0, 0.05) is 18.8 Å². The lowest BCUT2D eigenvalue weighted by molar-refractivity contribution is 0.301. The van der Waals surface area contributed by atoms with Crippen molar-refractivity contribution in [2.24, 2.45) is 0 Å². The van der Waals surface area contributed by atoms with Crippen molar-refractivity contribution in [2.75, 3.05) is 18.1 Å². The number of nitrogens with zero attached hydrogens (tertiary/aromatic N) is 3. The molecule has 1 aliphatic rings. The first kappa shape index (κ1) is 9.94. The second kappa shape index (κ2) is 4.28. The van der Waals surface area contributed by atoms with Crippen LogP contribution < -0.4 is 4.90 Å². The molecule has 0 saturated heterocycles. The molecule has 0 unspecified atom stereocenters. The molecule has 78 valence electrons.